The second kappa shape index (κ2) is 5.68. The fourth-order valence-corrected chi connectivity index (χ4v) is 3.01. The van der Waals surface area contributed by atoms with Crippen molar-refractivity contribution in [3.05, 3.63) is 27.7 Å². The Kier molecular flexibility index (Phi) is 4.41. The van der Waals surface area contributed by atoms with Crippen LogP contribution in [0, 0.1) is 11.8 Å². The molecule has 0 spiro atoms. The summed E-state index contributed by atoms with van der Waals surface area (Å²) in [6.07, 6.45) is 1.20. The molecule has 1 aromatic rings. The minimum atomic E-state index is 0.160. The Hall–Kier alpha value is -0.440. The van der Waals surface area contributed by atoms with Gasteiger partial charge in [-0.3, -0.25) is 4.90 Å². The molecule has 1 saturated heterocycles. The van der Waals surface area contributed by atoms with E-state index in [1.54, 1.807) is 12.1 Å². The van der Waals surface area contributed by atoms with Crippen molar-refractivity contribution in [2.45, 2.75) is 26.8 Å². The van der Waals surface area contributed by atoms with Gasteiger partial charge in [0.15, 0.2) is 0 Å². The lowest BCUT2D eigenvalue weighted by molar-refractivity contribution is 0.131. The number of halogens is 2. The zero-order valence-electron chi connectivity index (χ0n) is 10.8. The third-order valence-corrected chi connectivity index (χ3v) is 4.43. The number of aromatic hydroxyl groups is 1. The summed E-state index contributed by atoms with van der Waals surface area (Å²) in [7, 11) is 0. The van der Waals surface area contributed by atoms with Gasteiger partial charge in [-0.2, -0.15) is 0 Å². The van der Waals surface area contributed by atoms with Gasteiger partial charge in [-0.1, -0.05) is 37.0 Å². The molecular formula is C14H19Cl2NO. The molecule has 0 bridgehead atoms. The zero-order valence-corrected chi connectivity index (χ0v) is 12.3. The number of phenolic OH excluding ortho intramolecular Hbond substituents is 1. The molecule has 0 radical (unpaired) electrons. The molecule has 2 atom stereocenters. The van der Waals surface area contributed by atoms with Gasteiger partial charge in [0.1, 0.15) is 5.75 Å². The number of rotatable bonds is 2. The minimum Gasteiger partial charge on any atom is -0.506 e. The normalized spacial score (nSPS) is 25.3. The van der Waals surface area contributed by atoms with Gasteiger partial charge in [0, 0.05) is 23.7 Å². The van der Waals surface area contributed by atoms with E-state index in [1.165, 1.54) is 6.42 Å². The van der Waals surface area contributed by atoms with Crippen molar-refractivity contribution in [1.29, 1.82) is 0 Å². The van der Waals surface area contributed by atoms with E-state index in [2.05, 4.69) is 18.7 Å². The van der Waals surface area contributed by atoms with E-state index >= 15 is 0 Å². The van der Waals surface area contributed by atoms with E-state index in [4.69, 9.17) is 23.2 Å². The van der Waals surface area contributed by atoms with Gasteiger partial charge in [-0.15, -0.1) is 0 Å². The maximum atomic E-state index is 9.95. The number of nitrogens with zero attached hydrogens (tertiary/aromatic N) is 1. The highest BCUT2D eigenvalue weighted by Crippen LogP contribution is 2.33. The third-order valence-electron chi connectivity index (χ3n) is 3.92. The number of hydrogen-bond acceptors (Lipinski definition) is 2. The van der Waals surface area contributed by atoms with Crippen LogP contribution >= 0.6 is 23.2 Å². The summed E-state index contributed by atoms with van der Waals surface area (Å²) in [4.78, 5) is 2.35. The Morgan fingerprint density at radius 2 is 2.00 bits per heavy atom. The third kappa shape index (κ3) is 3.11. The number of likely N-dealkylation sites (tertiary alicyclic amines) is 1. The number of piperidine rings is 1. The van der Waals surface area contributed by atoms with Crippen LogP contribution < -0.4 is 0 Å². The smallest absolute Gasteiger partial charge is 0.138 e. The van der Waals surface area contributed by atoms with Crippen molar-refractivity contribution in [1.82, 2.24) is 4.90 Å². The lowest BCUT2D eigenvalue weighted by Crippen LogP contribution is -2.37. The largest absolute Gasteiger partial charge is 0.506 e. The lowest BCUT2D eigenvalue weighted by atomic mass is 9.88. The molecule has 1 N–H and O–H groups in total. The standard InChI is InChI=1S/C14H19Cl2NO/c1-9-3-4-17(7-10(9)2)8-11-5-12(15)6-13(16)14(11)18/h5-6,9-10,18H,3-4,7-8H2,1-2H3. The number of phenols is 1. The Labute approximate surface area is 119 Å². The van der Waals surface area contributed by atoms with Gasteiger partial charge in [0.05, 0.1) is 5.02 Å². The number of hydrogen-bond donors (Lipinski definition) is 1. The first-order chi connectivity index (χ1) is 8.47. The van der Waals surface area contributed by atoms with Crippen LogP contribution in [0.5, 0.6) is 5.75 Å². The molecule has 1 fully saturated rings. The minimum absolute atomic E-state index is 0.160. The summed E-state index contributed by atoms with van der Waals surface area (Å²) in [5.41, 5.74) is 0.814. The second-order valence-corrected chi connectivity index (χ2v) is 6.22. The van der Waals surface area contributed by atoms with Gasteiger partial charge < -0.3 is 5.11 Å². The molecule has 1 aromatic carbocycles. The van der Waals surface area contributed by atoms with Gasteiger partial charge in [-0.25, -0.2) is 0 Å². The molecular weight excluding hydrogens is 269 g/mol. The van der Waals surface area contributed by atoms with E-state index in [0.29, 0.717) is 22.5 Å². The van der Waals surface area contributed by atoms with Crippen LogP contribution in [0.2, 0.25) is 10.0 Å². The van der Waals surface area contributed by atoms with E-state index < -0.39 is 0 Å². The average molecular weight is 288 g/mol. The molecule has 0 aliphatic carbocycles. The number of benzene rings is 1. The highest BCUT2D eigenvalue weighted by atomic mass is 35.5. The van der Waals surface area contributed by atoms with Crippen LogP contribution in [-0.2, 0) is 6.54 Å². The Bertz CT molecular complexity index is 436. The molecule has 0 saturated carbocycles. The maximum absolute atomic E-state index is 9.95. The molecule has 0 amide bonds. The van der Waals surface area contributed by atoms with Crippen molar-refractivity contribution >= 4 is 23.2 Å². The molecule has 0 aromatic heterocycles. The summed E-state index contributed by atoms with van der Waals surface area (Å²) in [5.74, 6) is 1.63. The van der Waals surface area contributed by atoms with Gasteiger partial charge in [0.2, 0.25) is 0 Å². The molecule has 100 valence electrons. The summed E-state index contributed by atoms with van der Waals surface area (Å²) in [5, 5.41) is 10.9. The van der Waals surface area contributed by atoms with E-state index in [-0.39, 0.29) is 5.75 Å². The summed E-state index contributed by atoms with van der Waals surface area (Å²) >= 11 is 11.9. The van der Waals surface area contributed by atoms with Crippen molar-refractivity contribution in [2.75, 3.05) is 13.1 Å². The summed E-state index contributed by atoms with van der Waals surface area (Å²) in [6.45, 7) is 7.42. The van der Waals surface area contributed by atoms with Crippen molar-refractivity contribution in [2.24, 2.45) is 11.8 Å². The van der Waals surface area contributed by atoms with Gasteiger partial charge >= 0.3 is 0 Å². The average Bonchev–Trinajstić information content (AvgIpc) is 2.30. The maximum Gasteiger partial charge on any atom is 0.138 e. The Balaban J connectivity index is 2.10. The Morgan fingerprint density at radius 3 is 2.67 bits per heavy atom. The fourth-order valence-electron chi connectivity index (χ4n) is 2.47. The molecule has 1 heterocycles. The Morgan fingerprint density at radius 1 is 1.28 bits per heavy atom. The SMILES string of the molecule is CC1CCN(Cc2cc(Cl)cc(Cl)c2O)CC1C. The molecule has 2 rings (SSSR count). The molecule has 2 nitrogen and oxygen atoms in total. The van der Waals surface area contributed by atoms with Crippen LogP contribution in [0.15, 0.2) is 12.1 Å². The highest BCUT2D eigenvalue weighted by molar-refractivity contribution is 6.35. The lowest BCUT2D eigenvalue weighted by Gasteiger charge is -2.35. The van der Waals surface area contributed by atoms with Crippen LogP contribution in [0.1, 0.15) is 25.8 Å². The van der Waals surface area contributed by atoms with Gasteiger partial charge in [-0.05, 0) is 36.9 Å². The summed E-state index contributed by atoms with van der Waals surface area (Å²) < 4.78 is 0. The van der Waals surface area contributed by atoms with Gasteiger partial charge in [0.25, 0.3) is 0 Å². The fraction of sp³-hybridized carbons (Fsp3) is 0.571. The predicted molar refractivity (Wildman–Crippen MR) is 76.3 cm³/mol. The molecule has 1 aliphatic heterocycles. The second-order valence-electron chi connectivity index (χ2n) is 5.37. The molecule has 18 heavy (non-hydrogen) atoms. The zero-order chi connectivity index (χ0) is 13.3. The summed E-state index contributed by atoms with van der Waals surface area (Å²) in [6, 6.07) is 3.37. The van der Waals surface area contributed by atoms with Crippen molar-refractivity contribution in [3.8, 4) is 5.75 Å². The molecule has 4 heteroatoms. The van der Waals surface area contributed by atoms with Crippen LogP contribution in [0.25, 0.3) is 0 Å². The van der Waals surface area contributed by atoms with E-state index in [9.17, 15) is 5.11 Å². The topological polar surface area (TPSA) is 23.5 Å². The van der Waals surface area contributed by atoms with Crippen LogP contribution in [0.3, 0.4) is 0 Å². The first-order valence-electron chi connectivity index (χ1n) is 6.36. The first-order valence-corrected chi connectivity index (χ1v) is 7.12. The quantitative estimate of drug-likeness (QED) is 0.882. The van der Waals surface area contributed by atoms with Crippen molar-refractivity contribution < 1.29 is 5.11 Å². The molecule has 1 aliphatic rings. The highest BCUT2D eigenvalue weighted by Gasteiger charge is 2.23. The molecule has 2 unspecified atom stereocenters. The van der Waals surface area contributed by atoms with E-state index in [0.717, 1.165) is 24.6 Å². The van der Waals surface area contributed by atoms with Crippen LogP contribution in [-0.4, -0.2) is 23.1 Å². The van der Waals surface area contributed by atoms with Crippen LogP contribution in [0.4, 0.5) is 0 Å². The first kappa shape index (κ1) is 14.0. The van der Waals surface area contributed by atoms with E-state index in [1.807, 2.05) is 0 Å². The monoisotopic (exact) mass is 287 g/mol. The van der Waals surface area contributed by atoms with Crippen molar-refractivity contribution in [3.63, 3.8) is 0 Å². The predicted octanol–water partition coefficient (Wildman–Crippen LogP) is 4.18.